The van der Waals surface area contributed by atoms with E-state index in [1.54, 1.807) is 11.3 Å². The van der Waals surface area contributed by atoms with Crippen LogP contribution in [-0.2, 0) is 0 Å². The molecule has 84 valence electrons. The zero-order valence-electron chi connectivity index (χ0n) is 8.71. The Morgan fingerprint density at radius 3 is 2.62 bits per heavy atom. The minimum Gasteiger partial charge on any atom is -0.320 e. The molecule has 0 spiro atoms. The smallest absolute Gasteiger partial charge is 0.0661 e. The molecule has 16 heavy (non-hydrogen) atoms. The Labute approximate surface area is 112 Å². The number of aryl methyl sites for hydroxylation is 1. The van der Waals surface area contributed by atoms with Gasteiger partial charge in [0.1, 0.15) is 0 Å². The predicted octanol–water partition coefficient (Wildman–Crippen LogP) is 4.52. The molecule has 0 aliphatic heterocycles. The molecule has 0 aliphatic carbocycles. The van der Waals surface area contributed by atoms with Crippen LogP contribution in [0.2, 0.25) is 5.02 Å². The summed E-state index contributed by atoms with van der Waals surface area (Å²) in [6.45, 7) is 2.07. The monoisotopic (exact) mass is 315 g/mol. The molecule has 2 aromatic rings. The van der Waals surface area contributed by atoms with Gasteiger partial charge in [0.2, 0.25) is 0 Å². The summed E-state index contributed by atoms with van der Waals surface area (Å²) in [6.07, 6.45) is 0. The Morgan fingerprint density at radius 1 is 1.38 bits per heavy atom. The average molecular weight is 317 g/mol. The number of thiophene rings is 1. The van der Waals surface area contributed by atoms with Crippen LogP contribution in [0, 0.1) is 6.92 Å². The minimum absolute atomic E-state index is 0.149. The van der Waals surface area contributed by atoms with E-state index in [2.05, 4.69) is 28.9 Å². The Kier molecular flexibility index (Phi) is 3.70. The largest absolute Gasteiger partial charge is 0.320 e. The summed E-state index contributed by atoms with van der Waals surface area (Å²) in [6, 6.07) is 9.62. The molecule has 0 amide bonds. The molecule has 0 aliphatic rings. The topological polar surface area (TPSA) is 26.0 Å². The van der Waals surface area contributed by atoms with Gasteiger partial charge in [0.15, 0.2) is 0 Å². The molecular formula is C12H11BrClNS. The summed E-state index contributed by atoms with van der Waals surface area (Å²) in [5.74, 6) is 0. The van der Waals surface area contributed by atoms with Gasteiger partial charge in [-0.25, -0.2) is 0 Å². The average Bonchev–Trinajstić information content (AvgIpc) is 2.59. The second-order valence-corrected chi connectivity index (χ2v) is 6.10. The molecule has 1 nitrogen and oxygen atoms in total. The quantitative estimate of drug-likeness (QED) is 0.866. The van der Waals surface area contributed by atoms with Crippen LogP contribution in [0.5, 0.6) is 0 Å². The van der Waals surface area contributed by atoms with Crippen LogP contribution in [0.15, 0.2) is 34.8 Å². The molecule has 1 unspecified atom stereocenters. The highest BCUT2D eigenvalue weighted by atomic mass is 79.9. The lowest BCUT2D eigenvalue weighted by Gasteiger charge is -2.11. The van der Waals surface area contributed by atoms with Gasteiger partial charge < -0.3 is 5.73 Å². The van der Waals surface area contributed by atoms with Gasteiger partial charge in [-0.2, -0.15) is 0 Å². The van der Waals surface area contributed by atoms with Crippen molar-refractivity contribution in [2.75, 3.05) is 0 Å². The van der Waals surface area contributed by atoms with Crippen LogP contribution in [0.3, 0.4) is 0 Å². The lowest BCUT2D eigenvalue weighted by Crippen LogP contribution is -2.10. The lowest BCUT2D eigenvalue weighted by molar-refractivity contribution is 0.893. The summed E-state index contributed by atoms with van der Waals surface area (Å²) in [5, 5.41) is 0.720. The van der Waals surface area contributed by atoms with Gasteiger partial charge in [0.25, 0.3) is 0 Å². The van der Waals surface area contributed by atoms with Crippen LogP contribution >= 0.6 is 38.9 Å². The Morgan fingerprint density at radius 2 is 2.06 bits per heavy atom. The first-order chi connectivity index (χ1) is 7.59. The van der Waals surface area contributed by atoms with Gasteiger partial charge >= 0.3 is 0 Å². The van der Waals surface area contributed by atoms with Crippen molar-refractivity contribution >= 4 is 38.9 Å². The predicted molar refractivity (Wildman–Crippen MR) is 74.2 cm³/mol. The van der Waals surface area contributed by atoms with Crippen LogP contribution in [-0.4, -0.2) is 0 Å². The second-order valence-electron chi connectivity index (χ2n) is 3.55. The molecule has 0 fully saturated rings. The van der Waals surface area contributed by atoms with E-state index in [-0.39, 0.29) is 6.04 Å². The summed E-state index contributed by atoms with van der Waals surface area (Å²) < 4.78 is 1.11. The molecule has 0 saturated carbocycles. The fourth-order valence-electron chi connectivity index (χ4n) is 1.52. The summed E-state index contributed by atoms with van der Waals surface area (Å²) in [4.78, 5) is 2.36. The number of nitrogens with two attached hydrogens (primary N) is 1. The van der Waals surface area contributed by atoms with Crippen LogP contribution in [0.1, 0.15) is 21.4 Å². The molecule has 2 N–H and O–H groups in total. The molecule has 2 rings (SSSR count). The third-order valence-corrected chi connectivity index (χ3v) is 4.99. The summed E-state index contributed by atoms with van der Waals surface area (Å²) in [5.41, 5.74) is 7.17. The van der Waals surface area contributed by atoms with Crippen molar-refractivity contribution in [1.82, 2.24) is 0 Å². The summed E-state index contributed by atoms with van der Waals surface area (Å²) >= 11 is 11.3. The maximum atomic E-state index is 6.20. The van der Waals surface area contributed by atoms with Gasteiger partial charge in [-0.15, -0.1) is 11.3 Å². The molecule has 0 bridgehead atoms. The second kappa shape index (κ2) is 4.88. The van der Waals surface area contributed by atoms with E-state index in [9.17, 15) is 0 Å². The van der Waals surface area contributed by atoms with Gasteiger partial charge in [-0.05, 0) is 40.5 Å². The first kappa shape index (κ1) is 12.1. The standard InChI is InChI=1S/C12H11BrClNS/c1-7-9(13)6-11(16-7)12(15)8-4-2-3-5-10(8)14/h2-6,12H,15H2,1H3. The van der Waals surface area contributed by atoms with Crippen LogP contribution in [0.25, 0.3) is 0 Å². The van der Waals surface area contributed by atoms with Gasteiger partial charge in [-0.3, -0.25) is 0 Å². The molecule has 1 aromatic carbocycles. The summed E-state index contributed by atoms with van der Waals surface area (Å²) in [7, 11) is 0. The molecule has 0 saturated heterocycles. The third kappa shape index (κ3) is 2.33. The first-order valence-electron chi connectivity index (χ1n) is 4.85. The van der Waals surface area contributed by atoms with Gasteiger partial charge in [-0.1, -0.05) is 29.8 Å². The highest BCUT2D eigenvalue weighted by Crippen LogP contribution is 2.34. The van der Waals surface area contributed by atoms with Crippen LogP contribution < -0.4 is 5.73 Å². The van der Waals surface area contributed by atoms with Crippen molar-refractivity contribution in [2.24, 2.45) is 5.73 Å². The first-order valence-corrected chi connectivity index (χ1v) is 6.84. The Hall–Kier alpha value is -0.350. The number of hydrogen-bond acceptors (Lipinski definition) is 2. The zero-order valence-corrected chi connectivity index (χ0v) is 11.9. The third-order valence-electron chi connectivity index (χ3n) is 2.42. The maximum absolute atomic E-state index is 6.20. The highest BCUT2D eigenvalue weighted by Gasteiger charge is 2.15. The van der Waals surface area contributed by atoms with Gasteiger partial charge in [0.05, 0.1) is 6.04 Å². The van der Waals surface area contributed by atoms with Crippen molar-refractivity contribution in [3.63, 3.8) is 0 Å². The number of benzene rings is 1. The minimum atomic E-state index is -0.149. The molecule has 1 heterocycles. The van der Waals surface area contributed by atoms with Crippen molar-refractivity contribution in [3.8, 4) is 0 Å². The van der Waals surface area contributed by atoms with E-state index in [1.165, 1.54) is 4.88 Å². The van der Waals surface area contributed by atoms with E-state index in [0.29, 0.717) is 0 Å². The normalized spacial score (nSPS) is 12.8. The number of halogens is 2. The number of hydrogen-bond donors (Lipinski definition) is 1. The van der Waals surface area contributed by atoms with Crippen LogP contribution in [0.4, 0.5) is 0 Å². The van der Waals surface area contributed by atoms with E-state index in [1.807, 2.05) is 24.3 Å². The van der Waals surface area contributed by atoms with E-state index >= 15 is 0 Å². The number of rotatable bonds is 2. The molecule has 1 aromatic heterocycles. The molecular weight excluding hydrogens is 306 g/mol. The van der Waals surface area contributed by atoms with E-state index in [0.717, 1.165) is 19.9 Å². The van der Waals surface area contributed by atoms with Crippen molar-refractivity contribution < 1.29 is 0 Å². The SMILES string of the molecule is Cc1sc(C(N)c2ccccc2Cl)cc1Br. The van der Waals surface area contributed by atoms with Gasteiger partial charge in [0, 0.05) is 19.2 Å². The van der Waals surface area contributed by atoms with E-state index in [4.69, 9.17) is 17.3 Å². The van der Waals surface area contributed by atoms with Crippen molar-refractivity contribution in [1.29, 1.82) is 0 Å². The van der Waals surface area contributed by atoms with Crippen molar-refractivity contribution in [3.05, 3.63) is 55.1 Å². The Balaban J connectivity index is 2.39. The Bertz CT molecular complexity index is 490. The molecule has 4 heteroatoms. The fraction of sp³-hybridized carbons (Fsp3) is 0.167. The molecule has 1 atom stereocenters. The van der Waals surface area contributed by atoms with Crippen molar-refractivity contribution in [2.45, 2.75) is 13.0 Å². The maximum Gasteiger partial charge on any atom is 0.0661 e. The fourth-order valence-corrected chi connectivity index (χ4v) is 3.35. The zero-order chi connectivity index (χ0) is 11.7. The lowest BCUT2D eigenvalue weighted by atomic mass is 10.1. The highest BCUT2D eigenvalue weighted by molar-refractivity contribution is 9.10. The molecule has 0 radical (unpaired) electrons. The van der Waals surface area contributed by atoms with E-state index < -0.39 is 0 Å².